The Bertz CT molecular complexity index is 4510. The van der Waals surface area contributed by atoms with Crippen molar-refractivity contribution in [1.29, 1.82) is 16.2 Å². The molecule has 0 atom stereocenters. The molecule has 10 rings (SSSR count). The molecule has 0 unspecified atom stereocenters. The van der Waals surface area contributed by atoms with Crippen LogP contribution in [0.3, 0.4) is 0 Å². The lowest BCUT2D eigenvalue weighted by Gasteiger charge is -2.34. The number of likely N-dealkylation sites (N-methyl/N-ethyl adjacent to an activating group) is 1. The number of hydrogen-bond acceptors (Lipinski definition) is 13. The third-order valence-corrected chi connectivity index (χ3v) is 14.7. The highest BCUT2D eigenvalue weighted by molar-refractivity contribution is 6.31. The molecule has 3 aromatic heterocycles. The number of para-hydroxylation sites is 1. The first-order valence-corrected chi connectivity index (χ1v) is 29.8. The van der Waals surface area contributed by atoms with Crippen LogP contribution in [0.5, 0.6) is 0 Å². The molecular weight excluding hydrogens is 1330 g/mol. The number of anilines is 6. The Morgan fingerprint density at radius 2 is 0.794 bits per heavy atom. The summed E-state index contributed by atoms with van der Waals surface area (Å²) in [6, 6.07) is 33.1. The molecule has 6 aromatic carbocycles. The molecule has 30 heteroatoms. The lowest BCUT2D eigenvalue weighted by atomic mass is 10.1. The fraction of sp³-hybridized carbons (Fsp3) is 0.104. The fourth-order valence-corrected chi connectivity index (χ4v) is 9.25. The molecule has 0 saturated carbocycles. The highest BCUT2D eigenvalue weighted by Gasteiger charge is 2.24. The monoisotopic (exact) mass is 1380 g/mol. The SMILES string of the molecule is CN(C)C(=N)c1ccc(C(=O)Nc2ccc(F)cc2C(=O)Nc2ccc(Cl)cn2)c(F)c1.CN1CCN(C(=N)c2ccc(C(=O)Nc3ccccc3C(=O)Nc3ccc(Cl)cn3)c(F)c2)CC1.N=C(N)c1ccc(C(=O)Nc2ccc(F)cc2C(=O)Nc2ccc(Cl)cn2)c(F)c1. The molecule has 4 heterocycles. The highest BCUT2D eigenvalue weighted by Crippen LogP contribution is 2.26. The van der Waals surface area contributed by atoms with Crippen molar-refractivity contribution in [3.05, 3.63) is 264 Å². The topological polar surface area (TPSA) is 321 Å². The molecule has 6 amide bonds. The number of amides is 6. The lowest BCUT2D eigenvalue weighted by molar-refractivity contribution is 0.100. The average Bonchev–Trinajstić information content (AvgIpc) is 0.854. The molecule has 0 radical (unpaired) electrons. The summed E-state index contributed by atoms with van der Waals surface area (Å²) in [5.74, 6) is -7.70. The predicted molar refractivity (Wildman–Crippen MR) is 361 cm³/mol. The van der Waals surface area contributed by atoms with Crippen LogP contribution in [0.15, 0.2) is 170 Å². The van der Waals surface area contributed by atoms with Gasteiger partial charge in [0.2, 0.25) is 0 Å². The number of halogens is 8. The predicted octanol–water partition coefficient (Wildman–Crippen LogP) is 12.2. The minimum atomic E-state index is -0.904. The molecule has 1 aliphatic heterocycles. The molecule has 9 aromatic rings. The zero-order chi connectivity index (χ0) is 70.2. The van der Waals surface area contributed by atoms with Crippen LogP contribution in [0, 0.1) is 45.3 Å². The van der Waals surface area contributed by atoms with Crippen LogP contribution in [0.4, 0.5) is 56.5 Å². The van der Waals surface area contributed by atoms with Crippen LogP contribution in [-0.2, 0) is 0 Å². The van der Waals surface area contributed by atoms with E-state index in [2.05, 4.69) is 51.8 Å². The number of aromatic nitrogens is 3. The summed E-state index contributed by atoms with van der Waals surface area (Å²) in [6.07, 6.45) is 4.05. The second kappa shape index (κ2) is 32.6. The number of nitrogens with one attached hydrogen (secondary N) is 9. The number of pyridine rings is 3. The quantitative estimate of drug-likeness (QED) is 0.0260. The van der Waals surface area contributed by atoms with Gasteiger partial charge in [0.15, 0.2) is 0 Å². The summed E-state index contributed by atoms with van der Waals surface area (Å²) in [7, 11) is 5.30. The van der Waals surface area contributed by atoms with E-state index in [4.69, 9.17) is 56.8 Å². The van der Waals surface area contributed by atoms with Crippen molar-refractivity contribution in [2.75, 3.05) is 79.2 Å². The van der Waals surface area contributed by atoms with E-state index in [0.717, 1.165) is 55.6 Å². The Morgan fingerprint density at radius 3 is 1.19 bits per heavy atom. The zero-order valence-corrected chi connectivity index (χ0v) is 53.5. The maximum Gasteiger partial charge on any atom is 0.259 e. The van der Waals surface area contributed by atoms with Gasteiger partial charge in [-0.3, -0.25) is 45.0 Å². The van der Waals surface area contributed by atoms with Crippen molar-refractivity contribution in [2.24, 2.45) is 5.73 Å². The molecule has 97 heavy (non-hydrogen) atoms. The molecule has 11 N–H and O–H groups in total. The van der Waals surface area contributed by atoms with Crippen LogP contribution in [0.25, 0.3) is 0 Å². The molecule has 0 aliphatic carbocycles. The van der Waals surface area contributed by atoms with Gasteiger partial charge in [-0.05, 0) is 128 Å². The fourth-order valence-electron chi connectivity index (χ4n) is 8.92. The minimum absolute atomic E-state index is 0.0209. The van der Waals surface area contributed by atoms with E-state index in [1.54, 1.807) is 50.5 Å². The van der Waals surface area contributed by atoms with Crippen LogP contribution in [0.1, 0.15) is 78.8 Å². The van der Waals surface area contributed by atoms with E-state index in [9.17, 15) is 50.7 Å². The highest BCUT2D eigenvalue weighted by atomic mass is 35.5. The average molecular weight is 1380 g/mol. The number of nitrogens with two attached hydrogens (primary N) is 1. The number of nitrogen functional groups attached to an aromatic ring is 1. The number of rotatable bonds is 15. The summed E-state index contributed by atoms with van der Waals surface area (Å²) < 4.78 is 71.2. The molecule has 1 fully saturated rings. The minimum Gasteiger partial charge on any atom is -0.384 e. The van der Waals surface area contributed by atoms with Crippen LogP contribution < -0.4 is 37.6 Å². The van der Waals surface area contributed by atoms with Gasteiger partial charge in [0.25, 0.3) is 35.4 Å². The summed E-state index contributed by atoms with van der Waals surface area (Å²) in [5.41, 5.74) is 5.26. The van der Waals surface area contributed by atoms with E-state index >= 15 is 0 Å². The summed E-state index contributed by atoms with van der Waals surface area (Å²) >= 11 is 17.3. The van der Waals surface area contributed by atoms with Crippen molar-refractivity contribution in [3.8, 4) is 0 Å². The number of amidine groups is 3. The largest absolute Gasteiger partial charge is 0.384 e. The maximum absolute atomic E-state index is 14.9. The van der Waals surface area contributed by atoms with Gasteiger partial charge in [0.05, 0.1) is 65.5 Å². The van der Waals surface area contributed by atoms with Gasteiger partial charge in [-0.15, -0.1) is 0 Å². The number of nitrogens with zero attached hydrogens (tertiary/aromatic N) is 6. The van der Waals surface area contributed by atoms with Crippen molar-refractivity contribution < 1.29 is 50.7 Å². The van der Waals surface area contributed by atoms with Gasteiger partial charge >= 0.3 is 0 Å². The van der Waals surface area contributed by atoms with E-state index in [-0.39, 0.29) is 85.1 Å². The first kappa shape index (κ1) is 71.3. The number of hydrogen-bond donors (Lipinski definition) is 10. The summed E-state index contributed by atoms with van der Waals surface area (Å²) in [6.45, 7) is 3.02. The first-order valence-electron chi connectivity index (χ1n) is 28.6. The number of carbonyl (C=O) groups is 6. The number of benzene rings is 6. The van der Waals surface area contributed by atoms with Crippen LogP contribution in [0.2, 0.25) is 15.1 Å². The molecular formula is C67H56Cl3F5N16O6. The van der Waals surface area contributed by atoms with Crippen LogP contribution in [-0.4, -0.2) is 130 Å². The smallest absolute Gasteiger partial charge is 0.259 e. The Hall–Kier alpha value is -11.5. The van der Waals surface area contributed by atoms with Crippen LogP contribution >= 0.6 is 34.8 Å². The second-order valence-corrected chi connectivity index (χ2v) is 22.4. The lowest BCUT2D eigenvalue weighted by Crippen LogP contribution is -2.47. The first-order chi connectivity index (χ1) is 46.2. The Kier molecular flexibility index (Phi) is 23.9. The van der Waals surface area contributed by atoms with E-state index in [1.807, 2.05) is 11.9 Å². The molecule has 1 aliphatic rings. The second-order valence-electron chi connectivity index (χ2n) is 21.1. The van der Waals surface area contributed by atoms with E-state index in [0.29, 0.717) is 45.1 Å². The third-order valence-electron chi connectivity index (χ3n) is 14.0. The van der Waals surface area contributed by atoms with Gasteiger partial charge in [-0.2, -0.15) is 0 Å². The molecule has 496 valence electrons. The standard InChI is InChI=1S/C25H24ClFN6O2.C22H18ClF2N5O2.C20H14ClF2N5O2/c1-32-10-12-33(13-11-32)23(28)16-6-8-18(20(27)14-16)24(34)30-21-5-3-2-4-19(21)25(35)31-22-9-7-17(26)15-29-22;1-30(2)20(26)12-3-6-15(17(25)9-12)21(31)28-18-7-5-14(24)10-16(18)22(32)29-19-8-4-13(23)11-27-19;21-11-2-6-17(26-9-11)28-20(30)14-8-12(22)3-5-16(14)27-19(29)13-4-1-10(18(24)25)7-15(13)23/h2-9,14-15,28H,10-13H2,1H3,(H,30,34)(H,29,31,35);3-11,26H,1-2H3,(H,28,31)(H,27,29,32);1-9H,(H3,24,25)(H,27,29)(H,26,28,30). The van der Waals surface area contributed by atoms with E-state index in [1.165, 1.54) is 96.3 Å². The Balaban J connectivity index is 0.000000186. The summed E-state index contributed by atoms with van der Waals surface area (Å²) in [4.78, 5) is 93.4. The van der Waals surface area contributed by atoms with E-state index < -0.39 is 64.5 Å². The maximum atomic E-state index is 14.9. The molecule has 22 nitrogen and oxygen atoms in total. The van der Waals surface area contributed by atoms with Gasteiger partial charge in [-0.1, -0.05) is 65.1 Å². The normalized spacial score (nSPS) is 11.6. The number of carbonyl (C=O) groups excluding carboxylic acids is 6. The third kappa shape index (κ3) is 19.3. The zero-order valence-electron chi connectivity index (χ0n) is 51.2. The molecule has 0 bridgehead atoms. The van der Waals surface area contributed by atoms with Gasteiger partial charge in [0, 0.05) is 75.6 Å². The Labute approximate surface area is 565 Å². The summed E-state index contributed by atoms with van der Waals surface area (Å²) in [5, 5.41) is 39.8. The number of piperazine rings is 1. The van der Waals surface area contributed by atoms with Gasteiger partial charge < -0.3 is 52.3 Å². The Morgan fingerprint density at radius 1 is 0.433 bits per heavy atom. The van der Waals surface area contributed by atoms with Gasteiger partial charge in [0.1, 0.15) is 64.0 Å². The van der Waals surface area contributed by atoms with Crippen molar-refractivity contribution >= 4 is 122 Å². The van der Waals surface area contributed by atoms with Crippen molar-refractivity contribution in [3.63, 3.8) is 0 Å². The molecule has 1 saturated heterocycles. The van der Waals surface area contributed by atoms with Crippen molar-refractivity contribution in [1.82, 2.24) is 29.7 Å². The van der Waals surface area contributed by atoms with Crippen molar-refractivity contribution in [2.45, 2.75) is 0 Å². The van der Waals surface area contributed by atoms with Gasteiger partial charge in [-0.25, -0.2) is 36.9 Å². The molecule has 0 spiro atoms.